The van der Waals surface area contributed by atoms with E-state index in [9.17, 15) is 14.4 Å². The van der Waals surface area contributed by atoms with Crippen LogP contribution >= 0.6 is 0 Å². The molecule has 0 radical (unpaired) electrons. The van der Waals surface area contributed by atoms with E-state index < -0.39 is 6.04 Å². The Morgan fingerprint density at radius 3 is 2.46 bits per heavy atom. The van der Waals surface area contributed by atoms with E-state index in [-0.39, 0.29) is 23.7 Å². The van der Waals surface area contributed by atoms with Crippen LogP contribution < -0.4 is 35.6 Å². The van der Waals surface area contributed by atoms with Crippen LogP contribution in [0.4, 0.5) is 11.4 Å². The summed E-state index contributed by atoms with van der Waals surface area (Å²) >= 11 is 0. The summed E-state index contributed by atoms with van der Waals surface area (Å²) in [5.74, 6) is 1.16. The van der Waals surface area contributed by atoms with Gasteiger partial charge in [-0.1, -0.05) is 18.2 Å². The number of carbonyl (C=O) groups excluding carboxylic acids is 2. The molecule has 0 aliphatic heterocycles. The molecule has 0 spiro atoms. The van der Waals surface area contributed by atoms with Crippen molar-refractivity contribution in [3.63, 3.8) is 0 Å². The van der Waals surface area contributed by atoms with Gasteiger partial charge in [0.25, 0.3) is 0 Å². The first-order valence-electron chi connectivity index (χ1n) is 15.0. The van der Waals surface area contributed by atoms with Gasteiger partial charge in [-0.05, 0) is 71.8 Å². The highest BCUT2D eigenvalue weighted by Crippen LogP contribution is 2.50. The number of benzene rings is 2. The Morgan fingerprint density at radius 2 is 1.78 bits per heavy atom. The van der Waals surface area contributed by atoms with E-state index >= 15 is 0 Å². The van der Waals surface area contributed by atoms with Gasteiger partial charge in [0.05, 0.1) is 39.6 Å². The fourth-order valence-corrected chi connectivity index (χ4v) is 5.74. The van der Waals surface area contributed by atoms with E-state index in [0.29, 0.717) is 66.5 Å². The first kappa shape index (κ1) is 32.0. The van der Waals surface area contributed by atoms with Crippen molar-refractivity contribution < 1.29 is 23.8 Å². The van der Waals surface area contributed by atoms with Gasteiger partial charge in [0, 0.05) is 31.1 Å². The molecule has 0 bridgehead atoms. The zero-order valence-corrected chi connectivity index (χ0v) is 26.4. The Balaban J connectivity index is 1.31. The van der Waals surface area contributed by atoms with E-state index in [4.69, 9.17) is 14.2 Å². The SMILES string of the molecule is COc1cc2c(c(OC)c1OC)-c1ccc(NCCCC(=O)Nc3ccc(Cn4cncn4)cc3)c(=O)cc1C(NC(C)=O)CC2. The van der Waals surface area contributed by atoms with Crippen LogP contribution in [0.25, 0.3) is 11.1 Å². The van der Waals surface area contributed by atoms with Crippen LogP contribution in [0.1, 0.15) is 48.9 Å². The number of methoxy groups -OCH3 is 3. The maximum atomic E-state index is 13.5. The standard InChI is InChI=1S/C34H38N6O6/c1-21(41)38-27-13-9-23-16-30(44-2)33(45-3)34(46-4)32(23)25-12-14-28(29(42)17-26(25)27)36-15-5-6-31(43)39-24-10-7-22(8-11-24)18-40-20-35-19-37-40/h7-8,10-12,14,16-17,19-20,27H,5-6,9,13,15,18H2,1-4H3,(H,36,42)(H,38,41)(H,39,43). The summed E-state index contributed by atoms with van der Waals surface area (Å²) < 4.78 is 18.8. The van der Waals surface area contributed by atoms with Crippen molar-refractivity contribution in [1.82, 2.24) is 20.1 Å². The Hall–Kier alpha value is -5.39. The highest BCUT2D eigenvalue weighted by atomic mass is 16.5. The lowest BCUT2D eigenvalue weighted by atomic mass is 9.95. The molecule has 3 N–H and O–H groups in total. The number of amides is 2. The van der Waals surface area contributed by atoms with Gasteiger partial charge >= 0.3 is 0 Å². The van der Waals surface area contributed by atoms with Crippen LogP contribution in [0.5, 0.6) is 17.2 Å². The predicted octanol–water partition coefficient (Wildman–Crippen LogP) is 4.33. The minimum atomic E-state index is -0.394. The molecule has 5 rings (SSSR count). The number of anilines is 2. The molecule has 1 aliphatic carbocycles. The third kappa shape index (κ3) is 7.28. The number of fused-ring (bicyclic) bond motifs is 3. The van der Waals surface area contributed by atoms with E-state index in [1.165, 1.54) is 13.3 Å². The molecule has 0 saturated carbocycles. The zero-order chi connectivity index (χ0) is 32.6. The highest BCUT2D eigenvalue weighted by molar-refractivity contribution is 5.90. The van der Waals surface area contributed by atoms with Crippen LogP contribution in [0.15, 0.2) is 66.0 Å². The lowest BCUT2D eigenvalue weighted by Crippen LogP contribution is -2.26. The molecule has 240 valence electrons. The monoisotopic (exact) mass is 626 g/mol. The van der Waals surface area contributed by atoms with Gasteiger partial charge in [-0.15, -0.1) is 0 Å². The molecule has 3 aromatic carbocycles. The number of nitrogens with zero attached hydrogens (tertiary/aromatic N) is 3. The predicted molar refractivity (Wildman–Crippen MR) is 175 cm³/mol. The number of carbonyl (C=O) groups is 2. The molecule has 2 amide bonds. The summed E-state index contributed by atoms with van der Waals surface area (Å²) in [7, 11) is 4.68. The Labute approximate surface area is 267 Å². The van der Waals surface area contributed by atoms with Gasteiger partial charge < -0.3 is 30.2 Å². The van der Waals surface area contributed by atoms with Crippen molar-refractivity contribution in [3.8, 4) is 28.4 Å². The number of nitrogens with one attached hydrogen (secondary N) is 3. The molecule has 1 atom stereocenters. The topological polar surface area (TPSA) is 146 Å². The number of rotatable bonds is 12. The first-order valence-corrected chi connectivity index (χ1v) is 15.0. The molecular formula is C34H38N6O6. The van der Waals surface area contributed by atoms with Crippen molar-refractivity contribution in [2.45, 2.75) is 45.2 Å². The van der Waals surface area contributed by atoms with Crippen molar-refractivity contribution in [2.75, 3.05) is 38.5 Å². The van der Waals surface area contributed by atoms with E-state index in [0.717, 1.165) is 22.3 Å². The lowest BCUT2D eigenvalue weighted by Gasteiger charge is -2.19. The minimum absolute atomic E-state index is 0.121. The van der Waals surface area contributed by atoms with Crippen molar-refractivity contribution in [3.05, 3.63) is 88.1 Å². The number of aryl methyl sites for hydroxylation is 1. The summed E-state index contributed by atoms with van der Waals surface area (Å²) in [6.45, 7) is 2.47. The average Bonchev–Trinajstić information content (AvgIpc) is 3.45. The number of ether oxygens (including phenoxy) is 3. The summed E-state index contributed by atoms with van der Waals surface area (Å²) in [6.07, 6.45) is 5.11. The highest BCUT2D eigenvalue weighted by Gasteiger charge is 2.29. The number of hydrogen-bond acceptors (Lipinski definition) is 9. The van der Waals surface area contributed by atoms with Crippen molar-refractivity contribution >= 4 is 23.2 Å². The molecule has 4 aromatic rings. The normalized spacial score (nSPS) is 13.4. The van der Waals surface area contributed by atoms with E-state index in [1.54, 1.807) is 44.5 Å². The summed E-state index contributed by atoms with van der Waals surface area (Å²) in [6, 6.07) is 14.3. The second kappa shape index (κ2) is 14.6. The maximum absolute atomic E-state index is 13.5. The average molecular weight is 627 g/mol. The molecule has 12 heteroatoms. The second-order valence-corrected chi connectivity index (χ2v) is 11.0. The van der Waals surface area contributed by atoms with Gasteiger partial charge in [0.2, 0.25) is 23.0 Å². The number of aromatic nitrogens is 3. The van der Waals surface area contributed by atoms with Gasteiger partial charge in [-0.3, -0.25) is 14.4 Å². The molecule has 46 heavy (non-hydrogen) atoms. The largest absolute Gasteiger partial charge is 0.493 e. The fraction of sp³-hybridized carbons (Fsp3) is 0.324. The molecule has 1 aliphatic rings. The smallest absolute Gasteiger partial charge is 0.224 e. The molecular weight excluding hydrogens is 588 g/mol. The molecule has 1 heterocycles. The molecule has 12 nitrogen and oxygen atoms in total. The lowest BCUT2D eigenvalue weighted by molar-refractivity contribution is -0.119. The van der Waals surface area contributed by atoms with Gasteiger partial charge in [0.1, 0.15) is 12.7 Å². The molecule has 1 unspecified atom stereocenters. The maximum Gasteiger partial charge on any atom is 0.224 e. The van der Waals surface area contributed by atoms with Crippen LogP contribution in [0.3, 0.4) is 0 Å². The van der Waals surface area contributed by atoms with Crippen LogP contribution in [-0.4, -0.2) is 54.5 Å². The summed E-state index contributed by atoms with van der Waals surface area (Å²) in [4.78, 5) is 42.2. The Morgan fingerprint density at radius 1 is 1.00 bits per heavy atom. The fourth-order valence-electron chi connectivity index (χ4n) is 5.74. The van der Waals surface area contributed by atoms with Gasteiger partial charge in [-0.2, -0.15) is 5.10 Å². The first-order chi connectivity index (χ1) is 22.3. The minimum Gasteiger partial charge on any atom is -0.493 e. The Kier molecular flexibility index (Phi) is 10.2. The second-order valence-electron chi connectivity index (χ2n) is 11.0. The van der Waals surface area contributed by atoms with Crippen LogP contribution in [0, 0.1) is 0 Å². The number of hydrogen-bond donors (Lipinski definition) is 3. The van der Waals surface area contributed by atoms with Crippen molar-refractivity contribution in [1.29, 1.82) is 0 Å². The zero-order valence-electron chi connectivity index (χ0n) is 26.4. The summed E-state index contributed by atoms with van der Waals surface area (Å²) in [5.41, 5.74) is 5.08. The molecule has 0 fully saturated rings. The Bertz CT molecular complexity index is 1760. The third-order valence-corrected chi connectivity index (χ3v) is 7.86. The van der Waals surface area contributed by atoms with Crippen LogP contribution in [-0.2, 0) is 22.6 Å². The van der Waals surface area contributed by atoms with Gasteiger partial charge in [-0.25, -0.2) is 9.67 Å². The molecule has 0 saturated heterocycles. The van der Waals surface area contributed by atoms with E-state index in [2.05, 4.69) is 26.0 Å². The quantitative estimate of drug-likeness (QED) is 0.196. The molecule has 1 aromatic heterocycles. The van der Waals surface area contributed by atoms with Crippen LogP contribution in [0.2, 0.25) is 0 Å². The van der Waals surface area contributed by atoms with Gasteiger partial charge in [0.15, 0.2) is 11.5 Å². The van der Waals surface area contributed by atoms with Crippen molar-refractivity contribution in [2.24, 2.45) is 0 Å². The van der Waals surface area contributed by atoms with E-state index in [1.807, 2.05) is 36.4 Å². The third-order valence-electron chi connectivity index (χ3n) is 7.86. The summed E-state index contributed by atoms with van der Waals surface area (Å²) in [5, 5.41) is 13.2.